The lowest BCUT2D eigenvalue weighted by molar-refractivity contribution is 0.0777. The van der Waals surface area contributed by atoms with Gasteiger partial charge in [0.25, 0.3) is 0 Å². The number of rotatable bonds is 3. The monoisotopic (exact) mass is 246 g/mol. The molecular weight excluding hydrogens is 224 g/mol. The zero-order chi connectivity index (χ0) is 12.5. The minimum Gasteiger partial charge on any atom is -0.357 e. The van der Waals surface area contributed by atoms with Gasteiger partial charge in [0.2, 0.25) is 0 Å². The predicted octanol–water partition coefficient (Wildman–Crippen LogP) is 2.47. The molecule has 2 aliphatic rings. The Balaban J connectivity index is 1.66. The van der Waals surface area contributed by atoms with Crippen LogP contribution >= 0.6 is 0 Å². The number of Topliss-reactive ketones (excluding diaryl/α,β-unsaturated/α-hetero) is 1. The molecular formula is C15H22N2O. The smallest absolute Gasteiger partial charge is 0.178 e. The molecule has 3 rings (SSSR count). The first kappa shape index (κ1) is 12.0. The average molecular weight is 246 g/mol. The van der Waals surface area contributed by atoms with Crippen molar-refractivity contribution in [3.05, 3.63) is 24.0 Å². The molecule has 3 nitrogen and oxygen atoms in total. The Morgan fingerprint density at radius 1 is 1.33 bits per heavy atom. The number of carbonyl (C=O) groups is 1. The molecule has 18 heavy (non-hydrogen) atoms. The highest BCUT2D eigenvalue weighted by Gasteiger charge is 2.35. The minimum absolute atomic E-state index is 0.281. The summed E-state index contributed by atoms with van der Waals surface area (Å²) in [6, 6.07) is 2.62. The summed E-state index contributed by atoms with van der Waals surface area (Å²) in [5.74, 6) is 1.14. The van der Waals surface area contributed by atoms with E-state index >= 15 is 0 Å². The number of piperidine rings is 1. The van der Waals surface area contributed by atoms with E-state index in [1.54, 1.807) is 0 Å². The fourth-order valence-electron chi connectivity index (χ4n) is 3.70. The number of hydrogen-bond donors (Lipinski definition) is 0. The van der Waals surface area contributed by atoms with E-state index in [1.165, 1.54) is 32.1 Å². The van der Waals surface area contributed by atoms with Gasteiger partial charge in [-0.2, -0.15) is 0 Å². The molecule has 1 saturated heterocycles. The van der Waals surface area contributed by atoms with Crippen LogP contribution in [0.1, 0.15) is 42.5 Å². The Kier molecular flexibility index (Phi) is 3.25. The van der Waals surface area contributed by atoms with Crippen LogP contribution in [0.15, 0.2) is 18.5 Å². The zero-order valence-electron chi connectivity index (χ0n) is 11.1. The number of aryl methyl sites for hydroxylation is 1. The van der Waals surface area contributed by atoms with Crippen LogP contribution in [-0.2, 0) is 7.05 Å². The molecule has 2 heterocycles. The maximum atomic E-state index is 12.3. The third-order valence-corrected chi connectivity index (χ3v) is 4.61. The summed E-state index contributed by atoms with van der Waals surface area (Å²) in [7, 11) is 1.96. The molecule has 0 bridgehead atoms. The van der Waals surface area contributed by atoms with E-state index < -0.39 is 0 Å². The quantitative estimate of drug-likeness (QED) is 0.766. The normalized spacial score (nSPS) is 28.3. The largest absolute Gasteiger partial charge is 0.357 e. The molecule has 0 radical (unpaired) electrons. The van der Waals surface area contributed by atoms with Crippen molar-refractivity contribution in [2.45, 2.75) is 38.1 Å². The van der Waals surface area contributed by atoms with Crippen molar-refractivity contribution >= 4 is 5.78 Å². The van der Waals surface area contributed by atoms with E-state index in [2.05, 4.69) is 4.90 Å². The first-order valence-electron chi connectivity index (χ1n) is 7.13. The van der Waals surface area contributed by atoms with Gasteiger partial charge in [0.1, 0.15) is 0 Å². The van der Waals surface area contributed by atoms with Crippen LogP contribution in [0.3, 0.4) is 0 Å². The van der Waals surface area contributed by atoms with Gasteiger partial charge in [0, 0.05) is 31.0 Å². The summed E-state index contributed by atoms with van der Waals surface area (Å²) in [6.07, 6.45) is 10.5. The molecule has 1 aliphatic heterocycles. The molecule has 0 aromatic carbocycles. The van der Waals surface area contributed by atoms with Gasteiger partial charge in [-0.15, -0.1) is 0 Å². The number of aromatic nitrogens is 1. The van der Waals surface area contributed by atoms with Crippen molar-refractivity contribution in [3.63, 3.8) is 0 Å². The molecule has 98 valence electrons. The van der Waals surface area contributed by atoms with Gasteiger partial charge in [-0.25, -0.2) is 0 Å². The molecule has 2 atom stereocenters. The van der Waals surface area contributed by atoms with Crippen LogP contribution in [0.5, 0.6) is 0 Å². The van der Waals surface area contributed by atoms with Crippen LogP contribution in [0.2, 0.25) is 0 Å². The SMILES string of the molecule is Cn1ccc(C(=O)CN2CCCC3CCCC32)c1. The Morgan fingerprint density at radius 2 is 2.17 bits per heavy atom. The lowest BCUT2D eigenvalue weighted by Gasteiger charge is -2.37. The summed E-state index contributed by atoms with van der Waals surface area (Å²) >= 11 is 0. The van der Waals surface area contributed by atoms with Crippen molar-refractivity contribution in [2.75, 3.05) is 13.1 Å². The summed E-state index contributed by atoms with van der Waals surface area (Å²) in [5.41, 5.74) is 0.859. The van der Waals surface area contributed by atoms with Gasteiger partial charge in [0.15, 0.2) is 5.78 Å². The van der Waals surface area contributed by atoms with E-state index in [9.17, 15) is 4.79 Å². The molecule has 1 aromatic heterocycles. The molecule has 2 fully saturated rings. The van der Waals surface area contributed by atoms with E-state index in [0.717, 1.165) is 18.0 Å². The lowest BCUT2D eigenvalue weighted by Crippen LogP contribution is -2.45. The van der Waals surface area contributed by atoms with Crippen LogP contribution in [0, 0.1) is 5.92 Å². The minimum atomic E-state index is 0.281. The Labute approximate surface area is 109 Å². The van der Waals surface area contributed by atoms with Gasteiger partial charge in [-0.1, -0.05) is 6.42 Å². The van der Waals surface area contributed by atoms with Crippen molar-refractivity contribution < 1.29 is 4.79 Å². The number of nitrogens with zero attached hydrogens (tertiary/aromatic N) is 2. The summed E-state index contributed by atoms with van der Waals surface area (Å²) < 4.78 is 1.95. The fourth-order valence-corrected chi connectivity index (χ4v) is 3.70. The van der Waals surface area contributed by atoms with E-state index in [4.69, 9.17) is 0 Å². The molecule has 3 heteroatoms. The van der Waals surface area contributed by atoms with E-state index in [-0.39, 0.29) is 5.78 Å². The molecule has 2 unspecified atom stereocenters. The van der Waals surface area contributed by atoms with Gasteiger partial charge >= 0.3 is 0 Å². The van der Waals surface area contributed by atoms with Crippen molar-refractivity contribution in [3.8, 4) is 0 Å². The standard InChI is InChI=1S/C15H22N2O/c1-16-9-7-13(10-16)15(18)11-17-8-3-5-12-4-2-6-14(12)17/h7,9-10,12,14H,2-6,8,11H2,1H3. The maximum Gasteiger partial charge on any atom is 0.178 e. The first-order chi connectivity index (χ1) is 8.74. The molecule has 0 amide bonds. The second-order valence-corrected chi connectivity index (χ2v) is 5.86. The third-order valence-electron chi connectivity index (χ3n) is 4.61. The van der Waals surface area contributed by atoms with Crippen LogP contribution in [-0.4, -0.2) is 34.4 Å². The number of likely N-dealkylation sites (tertiary alicyclic amines) is 1. The highest BCUT2D eigenvalue weighted by atomic mass is 16.1. The van der Waals surface area contributed by atoms with Gasteiger partial charge in [-0.3, -0.25) is 9.69 Å². The summed E-state index contributed by atoms with van der Waals surface area (Å²) in [5, 5.41) is 0. The van der Waals surface area contributed by atoms with Gasteiger partial charge < -0.3 is 4.57 Å². The fraction of sp³-hybridized carbons (Fsp3) is 0.667. The van der Waals surface area contributed by atoms with Crippen molar-refractivity contribution in [2.24, 2.45) is 13.0 Å². The summed E-state index contributed by atoms with van der Waals surface area (Å²) in [6.45, 7) is 1.73. The maximum absolute atomic E-state index is 12.3. The van der Waals surface area contributed by atoms with Gasteiger partial charge in [-0.05, 0) is 44.2 Å². The second kappa shape index (κ2) is 4.88. The summed E-state index contributed by atoms with van der Waals surface area (Å²) in [4.78, 5) is 14.7. The predicted molar refractivity (Wildman–Crippen MR) is 71.7 cm³/mol. The number of fused-ring (bicyclic) bond motifs is 1. The van der Waals surface area contributed by atoms with Gasteiger partial charge in [0.05, 0.1) is 6.54 Å². The highest BCUT2D eigenvalue weighted by Crippen LogP contribution is 2.36. The van der Waals surface area contributed by atoms with Crippen LogP contribution < -0.4 is 0 Å². The molecule has 0 N–H and O–H groups in total. The van der Waals surface area contributed by atoms with Crippen LogP contribution in [0.25, 0.3) is 0 Å². The van der Waals surface area contributed by atoms with E-state index in [1.807, 2.05) is 30.1 Å². The van der Waals surface area contributed by atoms with Crippen molar-refractivity contribution in [1.29, 1.82) is 0 Å². The topological polar surface area (TPSA) is 25.2 Å². The Hall–Kier alpha value is -1.09. The Bertz CT molecular complexity index is 437. The van der Waals surface area contributed by atoms with Crippen molar-refractivity contribution in [1.82, 2.24) is 9.47 Å². The molecule has 0 spiro atoms. The zero-order valence-corrected chi connectivity index (χ0v) is 11.1. The number of hydrogen-bond acceptors (Lipinski definition) is 2. The lowest BCUT2D eigenvalue weighted by atomic mass is 9.91. The second-order valence-electron chi connectivity index (χ2n) is 5.86. The average Bonchev–Trinajstić information content (AvgIpc) is 2.97. The highest BCUT2D eigenvalue weighted by molar-refractivity contribution is 5.97. The number of carbonyl (C=O) groups excluding carboxylic acids is 1. The number of ketones is 1. The van der Waals surface area contributed by atoms with E-state index in [0.29, 0.717) is 12.6 Å². The molecule has 1 aromatic rings. The first-order valence-corrected chi connectivity index (χ1v) is 7.13. The third kappa shape index (κ3) is 2.24. The molecule has 1 saturated carbocycles. The van der Waals surface area contributed by atoms with Crippen LogP contribution in [0.4, 0.5) is 0 Å². The Morgan fingerprint density at radius 3 is 2.94 bits per heavy atom. The molecule has 1 aliphatic carbocycles.